The van der Waals surface area contributed by atoms with E-state index < -0.39 is 0 Å². The minimum Gasteiger partial charge on any atom is -0.497 e. The monoisotopic (exact) mass is 736 g/mol. The van der Waals surface area contributed by atoms with Crippen molar-refractivity contribution in [1.29, 1.82) is 0 Å². The van der Waals surface area contributed by atoms with Crippen molar-refractivity contribution in [2.24, 2.45) is 0 Å². The number of aromatic nitrogens is 2. The fraction of sp³-hybridized carbons (Fsp3) is 0.0833. The zero-order valence-corrected chi connectivity index (χ0v) is 31.2. The summed E-state index contributed by atoms with van der Waals surface area (Å²) in [6, 6.07) is 46.3. The third kappa shape index (κ3) is 5.37. The van der Waals surface area contributed by atoms with Crippen LogP contribution in [0.4, 0.5) is 0 Å². The van der Waals surface area contributed by atoms with Crippen LogP contribution in [0.3, 0.4) is 0 Å². The average Bonchev–Trinajstić information content (AvgIpc) is 3.26. The van der Waals surface area contributed by atoms with Crippen molar-refractivity contribution in [2.45, 2.75) is 0 Å². The largest absolute Gasteiger partial charge is 0.497 e. The summed E-state index contributed by atoms with van der Waals surface area (Å²) in [5.41, 5.74) is 6.67. The third-order valence-electron chi connectivity index (χ3n) is 10.5. The van der Waals surface area contributed by atoms with Crippen LogP contribution in [0.25, 0.3) is 77.2 Å². The Morgan fingerprint density at radius 1 is 0.411 bits per heavy atom. The van der Waals surface area contributed by atoms with E-state index in [0.29, 0.717) is 66.6 Å². The molecular weight excluding hydrogens is 701 g/mol. The van der Waals surface area contributed by atoms with Crippen molar-refractivity contribution in [3.8, 4) is 56.6 Å². The molecular formula is C48H36N2O6. The summed E-state index contributed by atoms with van der Waals surface area (Å²) in [5, 5.41) is 1.82. The molecule has 2 aromatic heterocycles. The number of fused-ring (bicyclic) bond motifs is 4. The van der Waals surface area contributed by atoms with E-state index in [1.165, 1.54) is 0 Å². The summed E-state index contributed by atoms with van der Waals surface area (Å²) in [6.07, 6.45) is 0. The highest BCUT2D eigenvalue weighted by Gasteiger charge is 2.25. The van der Waals surface area contributed by atoms with Gasteiger partial charge in [0.2, 0.25) is 0 Å². The van der Waals surface area contributed by atoms with Crippen molar-refractivity contribution in [3.63, 3.8) is 0 Å². The van der Waals surface area contributed by atoms with Gasteiger partial charge in [0.25, 0.3) is 0 Å². The van der Waals surface area contributed by atoms with Gasteiger partial charge < -0.3 is 28.1 Å². The quantitative estimate of drug-likeness (QED) is 0.145. The standard InChI is InChI=1S/C48H36N2O6/c1-53-33-19-15-31(16-20-33)49-39-27-38-40(28-37(39)47(51)43-35(29-11-7-5-8-12-29)23-25-41(55-3)45(43)49)50(32-17-21-34(54-2)22-18-32)46-42(56-4)26-24-36(44(46)48(38)52)30-13-9-6-10-14-30/h5-28H,1-4H3. The van der Waals surface area contributed by atoms with E-state index in [4.69, 9.17) is 18.9 Å². The number of benzene rings is 7. The summed E-state index contributed by atoms with van der Waals surface area (Å²) in [4.78, 5) is 30.6. The van der Waals surface area contributed by atoms with Crippen LogP contribution < -0.4 is 29.8 Å². The Labute approximate surface area is 321 Å². The number of pyridine rings is 2. The average molecular weight is 737 g/mol. The maximum Gasteiger partial charge on any atom is 0.198 e. The molecule has 274 valence electrons. The minimum absolute atomic E-state index is 0.196. The molecule has 0 saturated heterocycles. The van der Waals surface area contributed by atoms with Crippen molar-refractivity contribution in [1.82, 2.24) is 9.13 Å². The van der Waals surface area contributed by atoms with E-state index in [9.17, 15) is 0 Å². The van der Waals surface area contributed by atoms with E-state index in [1.54, 1.807) is 28.4 Å². The van der Waals surface area contributed by atoms with Crippen LogP contribution in [0.5, 0.6) is 23.0 Å². The Balaban J connectivity index is 1.55. The van der Waals surface area contributed by atoms with Gasteiger partial charge in [0.15, 0.2) is 10.9 Å². The molecule has 9 rings (SSSR count). The van der Waals surface area contributed by atoms with Crippen LogP contribution in [-0.4, -0.2) is 37.6 Å². The van der Waals surface area contributed by atoms with Gasteiger partial charge in [0.1, 0.15) is 34.0 Å². The molecule has 0 aliphatic heterocycles. The fourth-order valence-electron chi connectivity index (χ4n) is 7.91. The van der Waals surface area contributed by atoms with Crippen molar-refractivity contribution in [3.05, 3.63) is 166 Å². The Bertz CT molecular complexity index is 2870. The van der Waals surface area contributed by atoms with Gasteiger partial charge in [-0.25, -0.2) is 0 Å². The summed E-state index contributed by atoms with van der Waals surface area (Å²) < 4.78 is 27.1. The molecule has 0 atom stereocenters. The van der Waals surface area contributed by atoms with Crippen LogP contribution in [-0.2, 0) is 0 Å². The summed E-state index contributed by atoms with van der Waals surface area (Å²) in [7, 11) is 6.44. The highest BCUT2D eigenvalue weighted by Crippen LogP contribution is 2.40. The smallest absolute Gasteiger partial charge is 0.198 e. The molecule has 0 radical (unpaired) electrons. The lowest BCUT2D eigenvalue weighted by Crippen LogP contribution is -2.16. The van der Waals surface area contributed by atoms with Crippen molar-refractivity contribution in [2.75, 3.05) is 28.4 Å². The molecule has 0 fully saturated rings. The van der Waals surface area contributed by atoms with E-state index >= 15 is 9.59 Å². The Morgan fingerprint density at radius 2 is 0.786 bits per heavy atom. The van der Waals surface area contributed by atoms with Crippen molar-refractivity contribution < 1.29 is 18.9 Å². The van der Waals surface area contributed by atoms with Gasteiger partial charge in [-0.2, -0.15) is 0 Å². The van der Waals surface area contributed by atoms with Gasteiger partial charge in [-0.1, -0.05) is 60.7 Å². The Kier molecular flexibility index (Phi) is 8.51. The number of rotatable bonds is 8. The predicted molar refractivity (Wildman–Crippen MR) is 225 cm³/mol. The lowest BCUT2D eigenvalue weighted by Gasteiger charge is -2.22. The second-order valence-corrected chi connectivity index (χ2v) is 13.4. The van der Waals surface area contributed by atoms with Crippen LogP contribution >= 0.6 is 0 Å². The van der Waals surface area contributed by atoms with E-state index in [0.717, 1.165) is 33.6 Å². The molecule has 0 aliphatic rings. The molecule has 7 aromatic carbocycles. The summed E-state index contributed by atoms with van der Waals surface area (Å²) in [6.45, 7) is 0. The first-order valence-corrected chi connectivity index (χ1v) is 18.1. The number of hydrogen-bond donors (Lipinski definition) is 0. The van der Waals surface area contributed by atoms with E-state index in [-0.39, 0.29) is 10.9 Å². The molecule has 0 spiro atoms. The SMILES string of the molecule is COc1ccc(-n2c3cc4c(=O)c5c(-c6ccccc6)ccc(OC)c5n(-c5ccc(OC)cc5)c4cc3c(=O)c3c(-c4ccccc4)ccc(OC)c32)cc1. The van der Waals surface area contributed by atoms with Crippen LogP contribution in [0, 0.1) is 0 Å². The molecule has 0 aliphatic carbocycles. The van der Waals surface area contributed by atoms with Gasteiger partial charge >= 0.3 is 0 Å². The lowest BCUT2D eigenvalue weighted by atomic mass is 9.95. The predicted octanol–water partition coefficient (Wildman–Crippen LogP) is 9.97. The maximum absolute atomic E-state index is 15.3. The Hall–Kier alpha value is -7.32. The van der Waals surface area contributed by atoms with Gasteiger partial charge in [-0.3, -0.25) is 9.59 Å². The molecule has 0 amide bonds. The normalized spacial score (nSPS) is 11.4. The van der Waals surface area contributed by atoms with Gasteiger partial charge in [0, 0.05) is 22.1 Å². The first kappa shape index (κ1) is 34.4. The molecule has 56 heavy (non-hydrogen) atoms. The molecule has 0 N–H and O–H groups in total. The molecule has 0 saturated carbocycles. The second-order valence-electron chi connectivity index (χ2n) is 13.4. The number of nitrogens with zero attached hydrogens (tertiary/aromatic N) is 2. The fourth-order valence-corrected chi connectivity index (χ4v) is 7.91. The molecule has 0 unspecified atom stereocenters. The first-order chi connectivity index (χ1) is 27.4. The maximum atomic E-state index is 15.3. The number of hydrogen-bond acceptors (Lipinski definition) is 6. The van der Waals surface area contributed by atoms with E-state index in [2.05, 4.69) is 0 Å². The second kappa shape index (κ2) is 13.8. The van der Waals surface area contributed by atoms with Gasteiger partial charge in [-0.15, -0.1) is 0 Å². The zero-order chi connectivity index (χ0) is 38.5. The number of ether oxygens (including phenoxy) is 4. The zero-order valence-electron chi connectivity index (χ0n) is 31.2. The highest BCUT2D eigenvalue weighted by atomic mass is 16.5. The van der Waals surface area contributed by atoms with Gasteiger partial charge in [-0.05, 0) is 107 Å². The minimum atomic E-state index is -0.196. The molecule has 0 bridgehead atoms. The van der Waals surface area contributed by atoms with Crippen LogP contribution in [0.15, 0.2) is 155 Å². The third-order valence-corrected chi connectivity index (χ3v) is 10.5. The number of methoxy groups -OCH3 is 4. The molecule has 9 aromatic rings. The Morgan fingerprint density at radius 3 is 1.12 bits per heavy atom. The van der Waals surface area contributed by atoms with E-state index in [1.807, 2.05) is 155 Å². The first-order valence-electron chi connectivity index (χ1n) is 18.1. The van der Waals surface area contributed by atoms with Gasteiger partial charge in [0.05, 0.1) is 50.2 Å². The summed E-state index contributed by atoms with van der Waals surface area (Å²) >= 11 is 0. The summed E-state index contributed by atoms with van der Waals surface area (Å²) in [5.74, 6) is 2.39. The lowest BCUT2D eigenvalue weighted by molar-refractivity contribution is 0.414. The van der Waals surface area contributed by atoms with Crippen molar-refractivity contribution >= 4 is 43.6 Å². The molecule has 8 nitrogen and oxygen atoms in total. The topological polar surface area (TPSA) is 80.9 Å². The van der Waals surface area contributed by atoms with Crippen LogP contribution in [0.1, 0.15) is 0 Å². The highest BCUT2D eigenvalue weighted by molar-refractivity contribution is 6.11. The molecule has 8 heteroatoms. The molecule has 2 heterocycles. The van der Waals surface area contributed by atoms with Crippen LogP contribution in [0.2, 0.25) is 0 Å².